The molecule has 0 atom stereocenters. The zero-order valence-corrected chi connectivity index (χ0v) is 11.0. The number of benzene rings is 2. The Labute approximate surface area is 116 Å². The van der Waals surface area contributed by atoms with Crippen LogP contribution in [-0.2, 0) is 12.5 Å². The quantitative estimate of drug-likeness (QED) is 0.842. The Kier molecular flexibility index (Phi) is 4.55. The molecule has 19 heavy (non-hydrogen) atoms. The van der Waals surface area contributed by atoms with Gasteiger partial charge in [-0.15, -0.1) is 11.6 Å². The number of carbonyl (C=O) groups is 1. The molecule has 2 aromatic carbocycles. The Hall–Kier alpha value is -1.84. The Morgan fingerprint density at radius 3 is 2.11 bits per heavy atom. The molecule has 98 valence electrons. The Bertz CT molecular complexity index is 549. The van der Waals surface area contributed by atoms with Crippen molar-refractivity contribution in [1.29, 1.82) is 0 Å². The first-order chi connectivity index (χ1) is 9.22. The van der Waals surface area contributed by atoms with Crippen molar-refractivity contribution >= 4 is 23.2 Å². The van der Waals surface area contributed by atoms with Crippen molar-refractivity contribution in [2.24, 2.45) is 0 Å². The predicted molar refractivity (Wildman–Crippen MR) is 76.3 cm³/mol. The van der Waals surface area contributed by atoms with Crippen LogP contribution in [0.1, 0.15) is 21.5 Å². The third-order valence-corrected chi connectivity index (χ3v) is 3.07. The van der Waals surface area contributed by atoms with Gasteiger partial charge in [-0.2, -0.15) is 0 Å². The lowest BCUT2D eigenvalue weighted by Crippen LogP contribution is -2.11. The molecule has 2 rings (SSSR count). The number of rotatable bonds is 4. The van der Waals surface area contributed by atoms with Gasteiger partial charge in [-0.1, -0.05) is 24.3 Å². The minimum atomic E-state index is -0.169. The van der Waals surface area contributed by atoms with E-state index in [1.807, 2.05) is 12.1 Å². The second kappa shape index (κ2) is 6.36. The van der Waals surface area contributed by atoms with Crippen LogP contribution >= 0.6 is 11.6 Å². The zero-order valence-electron chi connectivity index (χ0n) is 10.3. The summed E-state index contributed by atoms with van der Waals surface area (Å²) < 4.78 is 0. The maximum absolute atomic E-state index is 12.0. The number of amides is 1. The number of hydrogen-bond acceptors (Lipinski definition) is 2. The molecule has 0 saturated carbocycles. The number of alkyl halides is 1. The Morgan fingerprint density at radius 1 is 1.00 bits per heavy atom. The summed E-state index contributed by atoms with van der Waals surface area (Å²) in [7, 11) is 0. The highest BCUT2D eigenvalue weighted by Gasteiger charge is 2.05. The summed E-state index contributed by atoms with van der Waals surface area (Å²) in [6.45, 7) is -0.00584. The largest absolute Gasteiger partial charge is 0.392 e. The van der Waals surface area contributed by atoms with Crippen LogP contribution in [0.5, 0.6) is 0 Å². The van der Waals surface area contributed by atoms with Gasteiger partial charge in [-0.3, -0.25) is 4.79 Å². The predicted octanol–water partition coefficient (Wildman–Crippen LogP) is 3.17. The van der Waals surface area contributed by atoms with Crippen molar-refractivity contribution in [2.45, 2.75) is 12.5 Å². The molecule has 0 aliphatic carbocycles. The van der Waals surface area contributed by atoms with Crippen molar-refractivity contribution in [3.63, 3.8) is 0 Å². The monoisotopic (exact) mass is 275 g/mol. The smallest absolute Gasteiger partial charge is 0.255 e. The highest BCUT2D eigenvalue weighted by molar-refractivity contribution is 6.17. The lowest BCUT2D eigenvalue weighted by Gasteiger charge is -2.06. The van der Waals surface area contributed by atoms with Gasteiger partial charge in [-0.05, 0) is 35.4 Å². The van der Waals surface area contributed by atoms with E-state index in [0.717, 1.165) is 11.1 Å². The summed E-state index contributed by atoms with van der Waals surface area (Å²) >= 11 is 5.70. The van der Waals surface area contributed by atoms with Crippen LogP contribution in [-0.4, -0.2) is 11.0 Å². The lowest BCUT2D eigenvalue weighted by atomic mass is 10.1. The highest BCUT2D eigenvalue weighted by atomic mass is 35.5. The normalized spacial score (nSPS) is 10.2. The SMILES string of the molecule is O=C(Nc1ccc(CO)cc1)c1ccc(CCl)cc1. The van der Waals surface area contributed by atoms with Crippen LogP contribution in [0, 0.1) is 0 Å². The number of hydrogen-bond donors (Lipinski definition) is 2. The average Bonchev–Trinajstić information content (AvgIpc) is 2.48. The molecule has 2 N–H and O–H groups in total. The van der Waals surface area contributed by atoms with E-state index in [-0.39, 0.29) is 12.5 Å². The van der Waals surface area contributed by atoms with Gasteiger partial charge in [0.15, 0.2) is 0 Å². The minimum Gasteiger partial charge on any atom is -0.392 e. The molecule has 0 heterocycles. The van der Waals surface area contributed by atoms with E-state index in [4.69, 9.17) is 16.7 Å². The molecule has 0 fully saturated rings. The van der Waals surface area contributed by atoms with E-state index in [1.165, 1.54) is 0 Å². The van der Waals surface area contributed by atoms with E-state index < -0.39 is 0 Å². The second-order valence-corrected chi connectivity index (χ2v) is 4.41. The average molecular weight is 276 g/mol. The minimum absolute atomic E-state index is 0.00584. The molecule has 1 amide bonds. The van der Waals surface area contributed by atoms with Gasteiger partial charge in [0.25, 0.3) is 5.91 Å². The summed E-state index contributed by atoms with van der Waals surface area (Å²) in [5.41, 5.74) is 3.07. The van der Waals surface area contributed by atoms with E-state index in [1.54, 1.807) is 36.4 Å². The molecule has 0 spiro atoms. The van der Waals surface area contributed by atoms with Gasteiger partial charge < -0.3 is 10.4 Å². The van der Waals surface area contributed by atoms with Gasteiger partial charge in [0.1, 0.15) is 0 Å². The van der Waals surface area contributed by atoms with Crippen molar-refractivity contribution in [1.82, 2.24) is 0 Å². The highest BCUT2D eigenvalue weighted by Crippen LogP contribution is 2.12. The molecule has 0 aromatic heterocycles. The van der Waals surface area contributed by atoms with Crippen LogP contribution in [0.15, 0.2) is 48.5 Å². The van der Waals surface area contributed by atoms with Crippen LogP contribution in [0.2, 0.25) is 0 Å². The number of anilines is 1. The topological polar surface area (TPSA) is 49.3 Å². The molecule has 0 aliphatic rings. The van der Waals surface area contributed by atoms with Gasteiger partial charge in [0, 0.05) is 17.1 Å². The number of nitrogens with one attached hydrogen (secondary N) is 1. The fraction of sp³-hybridized carbons (Fsp3) is 0.133. The van der Waals surface area contributed by atoms with Crippen molar-refractivity contribution in [3.8, 4) is 0 Å². The maximum Gasteiger partial charge on any atom is 0.255 e. The molecule has 0 unspecified atom stereocenters. The van der Waals surface area contributed by atoms with E-state index in [2.05, 4.69) is 5.32 Å². The van der Waals surface area contributed by atoms with Crippen molar-refractivity contribution in [2.75, 3.05) is 5.32 Å². The van der Waals surface area contributed by atoms with Crippen molar-refractivity contribution < 1.29 is 9.90 Å². The molecular formula is C15H14ClNO2. The molecular weight excluding hydrogens is 262 g/mol. The lowest BCUT2D eigenvalue weighted by molar-refractivity contribution is 0.102. The Balaban J connectivity index is 2.06. The summed E-state index contributed by atoms with van der Waals surface area (Å²) in [4.78, 5) is 12.0. The number of halogens is 1. The summed E-state index contributed by atoms with van der Waals surface area (Å²) in [5.74, 6) is 0.266. The first kappa shape index (κ1) is 13.6. The van der Waals surface area contributed by atoms with Gasteiger partial charge >= 0.3 is 0 Å². The van der Waals surface area contributed by atoms with Crippen LogP contribution in [0.25, 0.3) is 0 Å². The number of carbonyl (C=O) groups excluding carboxylic acids is 1. The first-order valence-corrected chi connectivity index (χ1v) is 6.42. The fourth-order valence-corrected chi connectivity index (χ4v) is 1.82. The third kappa shape index (κ3) is 3.56. The van der Waals surface area contributed by atoms with Crippen molar-refractivity contribution in [3.05, 3.63) is 65.2 Å². The molecule has 0 radical (unpaired) electrons. The summed E-state index contributed by atoms with van der Waals surface area (Å²) in [5, 5.41) is 11.7. The molecule has 0 saturated heterocycles. The summed E-state index contributed by atoms with van der Waals surface area (Å²) in [6, 6.07) is 14.2. The third-order valence-electron chi connectivity index (χ3n) is 2.76. The fourth-order valence-electron chi connectivity index (χ4n) is 1.64. The number of aliphatic hydroxyl groups is 1. The molecule has 0 bridgehead atoms. The second-order valence-electron chi connectivity index (χ2n) is 4.14. The molecule has 0 aliphatic heterocycles. The van der Waals surface area contributed by atoms with Gasteiger partial charge in [-0.25, -0.2) is 0 Å². The molecule has 3 nitrogen and oxygen atoms in total. The zero-order chi connectivity index (χ0) is 13.7. The summed E-state index contributed by atoms with van der Waals surface area (Å²) in [6.07, 6.45) is 0. The van der Waals surface area contributed by atoms with E-state index in [0.29, 0.717) is 17.1 Å². The first-order valence-electron chi connectivity index (χ1n) is 5.89. The van der Waals surface area contributed by atoms with E-state index >= 15 is 0 Å². The number of aliphatic hydroxyl groups excluding tert-OH is 1. The maximum atomic E-state index is 12.0. The molecule has 4 heteroatoms. The van der Waals surface area contributed by atoms with Crippen LogP contribution in [0.4, 0.5) is 5.69 Å². The van der Waals surface area contributed by atoms with Crippen LogP contribution in [0.3, 0.4) is 0 Å². The molecule has 2 aromatic rings. The van der Waals surface area contributed by atoms with Crippen LogP contribution < -0.4 is 5.32 Å². The van der Waals surface area contributed by atoms with Gasteiger partial charge in [0.2, 0.25) is 0 Å². The van der Waals surface area contributed by atoms with E-state index in [9.17, 15) is 4.79 Å². The Morgan fingerprint density at radius 2 is 1.58 bits per heavy atom. The van der Waals surface area contributed by atoms with Gasteiger partial charge in [0.05, 0.1) is 6.61 Å². The standard InChI is InChI=1S/C15H14ClNO2/c16-9-11-1-5-13(6-2-11)15(19)17-14-7-3-12(10-18)4-8-14/h1-8,18H,9-10H2,(H,17,19).